The predicted molar refractivity (Wildman–Crippen MR) is 130 cm³/mol. The van der Waals surface area contributed by atoms with E-state index in [-0.39, 0.29) is 17.2 Å². The molecule has 5 aromatic rings. The number of anilines is 1. The first-order valence-electron chi connectivity index (χ1n) is 10.1. The molecule has 11 heteroatoms. The molecule has 0 radical (unpaired) electrons. The fourth-order valence-electron chi connectivity index (χ4n) is 3.23. The number of nitrogens with one attached hydrogen (secondary N) is 2. The maximum atomic E-state index is 12.5. The van der Waals surface area contributed by atoms with Crippen LogP contribution >= 0.6 is 23.1 Å². The Morgan fingerprint density at radius 1 is 1.21 bits per heavy atom. The van der Waals surface area contributed by atoms with E-state index in [0.717, 1.165) is 33.4 Å². The van der Waals surface area contributed by atoms with Crippen molar-refractivity contribution in [1.29, 1.82) is 0 Å². The molecule has 3 aromatic heterocycles. The van der Waals surface area contributed by atoms with E-state index in [4.69, 9.17) is 4.74 Å². The molecule has 0 aliphatic carbocycles. The summed E-state index contributed by atoms with van der Waals surface area (Å²) >= 11 is 2.51. The van der Waals surface area contributed by atoms with Crippen LogP contribution in [0.3, 0.4) is 0 Å². The second-order valence-corrected chi connectivity index (χ2v) is 8.91. The molecule has 0 unspecified atom stereocenters. The van der Waals surface area contributed by atoms with Crippen molar-refractivity contribution >= 4 is 55.4 Å². The van der Waals surface area contributed by atoms with Gasteiger partial charge in [-0.15, -0.1) is 0 Å². The second-order valence-electron chi connectivity index (χ2n) is 6.92. The lowest BCUT2D eigenvalue weighted by atomic mass is 10.3. The number of fused-ring (bicyclic) bond motifs is 2. The predicted octanol–water partition coefficient (Wildman–Crippen LogP) is 3.85. The molecule has 2 aromatic carbocycles. The van der Waals surface area contributed by atoms with Crippen molar-refractivity contribution in [2.75, 3.05) is 17.7 Å². The molecule has 0 aliphatic heterocycles. The van der Waals surface area contributed by atoms with Crippen LogP contribution in [0.1, 0.15) is 6.92 Å². The minimum Gasteiger partial charge on any atom is -0.494 e. The van der Waals surface area contributed by atoms with E-state index in [0.29, 0.717) is 27.9 Å². The first-order chi connectivity index (χ1) is 16.1. The summed E-state index contributed by atoms with van der Waals surface area (Å²) in [5, 5.41) is 8.32. The van der Waals surface area contributed by atoms with Crippen molar-refractivity contribution in [3.05, 3.63) is 65.1 Å². The summed E-state index contributed by atoms with van der Waals surface area (Å²) in [6.07, 6.45) is 1.49. The second kappa shape index (κ2) is 9.04. The Balaban J connectivity index is 1.31. The van der Waals surface area contributed by atoms with Crippen LogP contribution in [0.5, 0.6) is 5.75 Å². The summed E-state index contributed by atoms with van der Waals surface area (Å²) in [7, 11) is 0. The number of carbonyl (C=O) groups is 1. The molecule has 3 heterocycles. The zero-order chi connectivity index (χ0) is 22.8. The van der Waals surface area contributed by atoms with Crippen molar-refractivity contribution in [3.63, 3.8) is 0 Å². The first-order valence-corrected chi connectivity index (χ1v) is 11.9. The highest BCUT2D eigenvalue weighted by Gasteiger charge is 2.14. The molecule has 0 aliphatic rings. The quantitative estimate of drug-likeness (QED) is 0.270. The molecule has 0 saturated heterocycles. The number of rotatable bonds is 7. The monoisotopic (exact) mass is 478 g/mol. The number of benzene rings is 2. The molecule has 2 N–H and O–H groups in total. The normalized spacial score (nSPS) is 11.2. The number of hydrogen-bond acceptors (Lipinski definition) is 8. The Hall–Kier alpha value is -3.70. The number of aromatic amines is 1. The van der Waals surface area contributed by atoms with Crippen LogP contribution in [0.2, 0.25) is 0 Å². The van der Waals surface area contributed by atoms with Gasteiger partial charge in [0.1, 0.15) is 11.1 Å². The highest BCUT2D eigenvalue weighted by Crippen LogP contribution is 2.29. The molecule has 0 spiro atoms. The van der Waals surface area contributed by atoms with Crippen molar-refractivity contribution in [3.8, 4) is 11.4 Å². The number of aromatic nitrogens is 5. The maximum absolute atomic E-state index is 12.5. The van der Waals surface area contributed by atoms with Crippen molar-refractivity contribution in [1.82, 2.24) is 24.7 Å². The SMILES string of the molecule is CCOc1ccc2nc(NC(=O)CSc3nc4c(cnn4-c4ccccc4)c(=O)[nH]3)sc2c1. The smallest absolute Gasteiger partial charge is 0.262 e. The topological polar surface area (TPSA) is 115 Å². The molecule has 166 valence electrons. The summed E-state index contributed by atoms with van der Waals surface area (Å²) in [4.78, 5) is 36.6. The van der Waals surface area contributed by atoms with E-state index in [2.05, 4.69) is 25.4 Å². The Labute approximate surface area is 195 Å². The van der Waals surface area contributed by atoms with Gasteiger partial charge in [-0.25, -0.2) is 14.6 Å². The van der Waals surface area contributed by atoms with Crippen LogP contribution in [0.15, 0.2) is 64.7 Å². The maximum Gasteiger partial charge on any atom is 0.262 e. The molecule has 5 rings (SSSR count). The van der Waals surface area contributed by atoms with Crippen LogP contribution in [0.4, 0.5) is 5.13 Å². The van der Waals surface area contributed by atoms with Gasteiger partial charge in [0, 0.05) is 0 Å². The number of H-pyrrole nitrogens is 1. The van der Waals surface area contributed by atoms with Gasteiger partial charge >= 0.3 is 0 Å². The van der Waals surface area contributed by atoms with Crippen molar-refractivity contribution < 1.29 is 9.53 Å². The standard InChI is InChI=1S/C22H18N6O3S2/c1-2-31-14-8-9-16-17(10-14)33-22(24-16)25-18(29)12-32-21-26-19-15(20(30)27-21)11-23-28(19)13-6-4-3-5-7-13/h3-11H,2,12H2,1H3,(H,24,25,29)(H,26,27,30). The van der Waals surface area contributed by atoms with Crippen LogP contribution < -0.4 is 15.6 Å². The molecule has 0 atom stereocenters. The fraction of sp³-hybridized carbons (Fsp3) is 0.136. The number of nitrogens with zero attached hydrogens (tertiary/aromatic N) is 4. The van der Waals surface area contributed by atoms with Gasteiger partial charge in [-0.1, -0.05) is 41.3 Å². The van der Waals surface area contributed by atoms with Gasteiger partial charge in [0.25, 0.3) is 5.56 Å². The zero-order valence-corrected chi connectivity index (χ0v) is 19.1. The summed E-state index contributed by atoms with van der Waals surface area (Å²) in [5.41, 5.74) is 1.71. The van der Waals surface area contributed by atoms with Gasteiger partial charge in [-0.2, -0.15) is 5.10 Å². The minimum atomic E-state index is -0.304. The molecule has 0 fully saturated rings. The molecule has 9 nitrogen and oxygen atoms in total. The Morgan fingerprint density at radius 2 is 2.06 bits per heavy atom. The summed E-state index contributed by atoms with van der Waals surface area (Å²) in [6.45, 7) is 2.51. The Morgan fingerprint density at radius 3 is 2.88 bits per heavy atom. The summed E-state index contributed by atoms with van der Waals surface area (Å²) in [6, 6.07) is 15.0. The van der Waals surface area contributed by atoms with E-state index in [9.17, 15) is 9.59 Å². The number of amides is 1. The minimum absolute atomic E-state index is 0.0635. The fourth-order valence-corrected chi connectivity index (χ4v) is 4.80. The number of para-hydroxylation sites is 1. The first kappa shape index (κ1) is 21.2. The molecular formula is C22H18N6O3S2. The van der Waals surface area contributed by atoms with Gasteiger partial charge in [0.15, 0.2) is 15.9 Å². The van der Waals surface area contributed by atoms with Crippen molar-refractivity contribution in [2.24, 2.45) is 0 Å². The van der Waals surface area contributed by atoms with Gasteiger partial charge < -0.3 is 15.0 Å². The number of hydrogen-bond donors (Lipinski definition) is 2. The number of thioether (sulfide) groups is 1. The lowest BCUT2D eigenvalue weighted by Crippen LogP contribution is -2.15. The van der Waals surface area contributed by atoms with Crippen LogP contribution in [0, 0.1) is 0 Å². The number of ether oxygens (including phenoxy) is 1. The van der Waals surface area contributed by atoms with Gasteiger partial charge in [-0.3, -0.25) is 9.59 Å². The van der Waals surface area contributed by atoms with Crippen molar-refractivity contribution in [2.45, 2.75) is 12.1 Å². The third kappa shape index (κ3) is 4.45. The van der Waals surface area contributed by atoms with Gasteiger partial charge in [0.2, 0.25) is 5.91 Å². The average Bonchev–Trinajstić information content (AvgIpc) is 3.42. The van der Waals surface area contributed by atoms with E-state index in [1.165, 1.54) is 17.5 Å². The molecule has 1 amide bonds. The van der Waals surface area contributed by atoms with Crippen LogP contribution in [0.25, 0.3) is 26.9 Å². The summed E-state index contributed by atoms with van der Waals surface area (Å²) < 4.78 is 8.04. The lowest BCUT2D eigenvalue weighted by molar-refractivity contribution is -0.113. The molecule has 0 bridgehead atoms. The highest BCUT2D eigenvalue weighted by molar-refractivity contribution is 7.99. The summed E-state index contributed by atoms with van der Waals surface area (Å²) in [5.74, 6) is 0.583. The number of carbonyl (C=O) groups excluding carboxylic acids is 1. The lowest BCUT2D eigenvalue weighted by Gasteiger charge is -2.04. The molecular weight excluding hydrogens is 460 g/mol. The van der Waals surface area contributed by atoms with Crippen LogP contribution in [-0.4, -0.2) is 43.0 Å². The molecule has 33 heavy (non-hydrogen) atoms. The zero-order valence-electron chi connectivity index (χ0n) is 17.4. The largest absolute Gasteiger partial charge is 0.494 e. The van der Waals surface area contributed by atoms with E-state index < -0.39 is 0 Å². The molecule has 0 saturated carbocycles. The Bertz CT molecular complexity index is 1510. The third-order valence-electron chi connectivity index (χ3n) is 4.67. The van der Waals surface area contributed by atoms with Gasteiger partial charge in [0.05, 0.1) is 34.5 Å². The van der Waals surface area contributed by atoms with E-state index in [1.54, 1.807) is 4.68 Å². The van der Waals surface area contributed by atoms with E-state index >= 15 is 0 Å². The van der Waals surface area contributed by atoms with E-state index in [1.807, 2.05) is 55.5 Å². The third-order valence-corrected chi connectivity index (χ3v) is 6.48. The van der Waals surface area contributed by atoms with Gasteiger partial charge in [-0.05, 0) is 37.3 Å². The average molecular weight is 479 g/mol. The number of thiazole rings is 1. The highest BCUT2D eigenvalue weighted by atomic mass is 32.2. The Kier molecular flexibility index (Phi) is 5.80. The van der Waals surface area contributed by atoms with Crippen LogP contribution in [-0.2, 0) is 4.79 Å².